The molecule has 1 aliphatic carbocycles. The zero-order valence-corrected chi connectivity index (χ0v) is 16.7. The minimum Gasteiger partial charge on any atom is -0.376 e. The average molecular weight is 388 g/mol. The molecule has 0 aliphatic heterocycles. The lowest BCUT2D eigenvalue weighted by Crippen LogP contribution is -2.25. The quantitative estimate of drug-likeness (QED) is 0.770. The van der Waals surface area contributed by atoms with Crippen LogP contribution >= 0.6 is 22.9 Å². The van der Waals surface area contributed by atoms with Gasteiger partial charge in [0.25, 0.3) is 0 Å². The van der Waals surface area contributed by atoms with Crippen molar-refractivity contribution in [2.24, 2.45) is 5.41 Å². The number of carbonyl (C=O) groups excluding carboxylic acids is 1. The molecule has 1 N–H and O–H groups in total. The fourth-order valence-corrected chi connectivity index (χ4v) is 4.10. The third kappa shape index (κ3) is 4.34. The second-order valence-corrected chi connectivity index (χ2v) is 8.09. The van der Waals surface area contributed by atoms with E-state index in [9.17, 15) is 4.79 Å². The van der Waals surface area contributed by atoms with E-state index in [4.69, 9.17) is 11.6 Å². The number of benzene rings is 1. The highest BCUT2D eigenvalue weighted by Crippen LogP contribution is 2.36. The van der Waals surface area contributed by atoms with Crippen LogP contribution in [-0.4, -0.2) is 25.0 Å². The van der Waals surface area contributed by atoms with Gasteiger partial charge in [0.15, 0.2) is 5.13 Å². The molecule has 1 aliphatic rings. The lowest BCUT2D eigenvalue weighted by atomic mass is 9.79. The van der Waals surface area contributed by atoms with Crippen molar-refractivity contribution in [1.82, 2.24) is 4.98 Å². The van der Waals surface area contributed by atoms with Crippen LogP contribution in [0.3, 0.4) is 0 Å². The molecule has 2 aromatic rings. The Morgan fingerprint density at radius 3 is 2.65 bits per heavy atom. The van der Waals surface area contributed by atoms with Crippen molar-refractivity contribution < 1.29 is 4.79 Å². The van der Waals surface area contributed by atoms with Crippen molar-refractivity contribution in [3.05, 3.63) is 64.2 Å². The summed E-state index contributed by atoms with van der Waals surface area (Å²) >= 11 is 7.73. The molecule has 0 radical (unpaired) electrons. The molecule has 4 nitrogen and oxygen atoms in total. The Morgan fingerprint density at radius 2 is 2.04 bits per heavy atom. The number of thiazole rings is 1. The summed E-state index contributed by atoms with van der Waals surface area (Å²) in [5.41, 5.74) is 2.71. The first kappa shape index (κ1) is 18.7. The maximum Gasteiger partial charge on any atom is 0.227 e. The van der Waals surface area contributed by atoms with Gasteiger partial charge in [0.1, 0.15) is 0 Å². The number of hydrogen-bond acceptors (Lipinski definition) is 4. The summed E-state index contributed by atoms with van der Waals surface area (Å²) < 4.78 is 0. The van der Waals surface area contributed by atoms with Gasteiger partial charge in [0.2, 0.25) is 5.91 Å². The Bertz CT molecular complexity index is 858. The monoisotopic (exact) mass is 387 g/mol. The molecule has 1 aromatic heterocycles. The zero-order valence-electron chi connectivity index (χ0n) is 15.1. The summed E-state index contributed by atoms with van der Waals surface area (Å²) in [5.74, 6) is -0.0302. The Morgan fingerprint density at radius 1 is 1.31 bits per heavy atom. The smallest absolute Gasteiger partial charge is 0.227 e. The van der Waals surface area contributed by atoms with Gasteiger partial charge in [-0.15, -0.1) is 11.3 Å². The van der Waals surface area contributed by atoms with Gasteiger partial charge in [0, 0.05) is 31.3 Å². The first-order valence-corrected chi connectivity index (χ1v) is 9.67. The van der Waals surface area contributed by atoms with Gasteiger partial charge in [-0.2, -0.15) is 0 Å². The minimum atomic E-state index is -0.326. The number of anilines is 2. The first-order valence-electron chi connectivity index (χ1n) is 8.42. The fraction of sp³-hybridized carbons (Fsp3) is 0.300. The minimum absolute atomic E-state index is 0.0302. The molecule has 0 spiro atoms. The number of halogens is 1. The van der Waals surface area contributed by atoms with Gasteiger partial charge in [-0.05, 0) is 31.0 Å². The highest BCUT2D eigenvalue weighted by molar-refractivity contribution is 7.13. The summed E-state index contributed by atoms with van der Waals surface area (Å²) in [4.78, 5) is 18.9. The lowest BCUT2D eigenvalue weighted by molar-refractivity contribution is -0.117. The molecule has 26 heavy (non-hydrogen) atoms. The third-order valence-corrected chi connectivity index (χ3v) is 5.54. The maximum absolute atomic E-state index is 12.6. The van der Waals surface area contributed by atoms with Crippen LogP contribution in [0, 0.1) is 12.3 Å². The molecular weight excluding hydrogens is 366 g/mol. The molecule has 0 unspecified atom stereocenters. The van der Waals surface area contributed by atoms with Crippen molar-refractivity contribution in [3.63, 3.8) is 0 Å². The summed E-state index contributed by atoms with van der Waals surface area (Å²) in [7, 11) is 3.94. The van der Waals surface area contributed by atoms with Crippen LogP contribution in [0.25, 0.3) is 0 Å². The molecule has 6 heteroatoms. The van der Waals surface area contributed by atoms with Crippen molar-refractivity contribution in [3.8, 4) is 0 Å². The fourth-order valence-electron chi connectivity index (χ4n) is 3.11. The first-order chi connectivity index (χ1) is 12.4. The molecule has 1 amide bonds. The van der Waals surface area contributed by atoms with Crippen LogP contribution < -0.4 is 10.2 Å². The lowest BCUT2D eigenvalue weighted by Gasteiger charge is -2.26. The second kappa shape index (κ2) is 7.64. The van der Waals surface area contributed by atoms with Crippen molar-refractivity contribution >= 4 is 39.7 Å². The number of nitrogens with one attached hydrogen (secondary N) is 1. The molecule has 0 bridgehead atoms. The van der Waals surface area contributed by atoms with Gasteiger partial charge < -0.3 is 10.2 Å². The molecule has 0 fully saturated rings. The molecular formula is C20H22ClN3OS. The van der Waals surface area contributed by atoms with Crippen LogP contribution in [0.15, 0.2) is 47.9 Å². The molecule has 136 valence electrons. The summed E-state index contributed by atoms with van der Waals surface area (Å²) in [6.07, 6.45) is 9.32. The molecule has 0 saturated heterocycles. The Labute approximate surface area is 163 Å². The zero-order chi connectivity index (χ0) is 18.7. The number of carbonyl (C=O) groups is 1. The van der Waals surface area contributed by atoms with Gasteiger partial charge in [-0.25, -0.2) is 4.98 Å². The SMILES string of the molecule is Cc1csc(NC(=O)CC2(Cc3ccc(Cl)c(N(C)C)c3)C=CC=C2)n1. The van der Waals surface area contributed by atoms with Crippen LogP contribution in [0.2, 0.25) is 5.02 Å². The predicted molar refractivity (Wildman–Crippen MR) is 110 cm³/mol. The van der Waals surface area contributed by atoms with E-state index >= 15 is 0 Å². The van der Waals surface area contributed by atoms with E-state index in [1.54, 1.807) is 0 Å². The molecule has 1 aromatic carbocycles. The molecule has 1 heterocycles. The van der Waals surface area contributed by atoms with Gasteiger partial charge in [-0.3, -0.25) is 4.79 Å². The number of amides is 1. The van der Waals surface area contributed by atoms with Gasteiger partial charge in [-0.1, -0.05) is 42.0 Å². The summed E-state index contributed by atoms with van der Waals surface area (Å²) in [6.45, 7) is 1.92. The number of rotatable bonds is 6. The van der Waals surface area contributed by atoms with Crippen LogP contribution in [0.4, 0.5) is 10.8 Å². The number of hydrogen-bond donors (Lipinski definition) is 1. The average Bonchev–Trinajstić information content (AvgIpc) is 3.18. The molecule has 0 atom stereocenters. The number of allylic oxidation sites excluding steroid dienone is 4. The second-order valence-electron chi connectivity index (χ2n) is 6.83. The predicted octanol–water partition coefficient (Wildman–Crippen LogP) is 4.85. The number of aryl methyl sites for hydroxylation is 1. The normalized spacial score (nSPS) is 14.6. The van der Waals surface area contributed by atoms with E-state index in [1.807, 2.05) is 55.6 Å². The standard InChI is InChI=1S/C20H22ClN3OS/c1-14-13-26-19(22-14)23-18(25)12-20(8-4-5-9-20)11-15-6-7-16(21)17(10-15)24(2)3/h4-10,13H,11-12H2,1-3H3,(H,22,23,25). The van der Waals surface area contributed by atoms with E-state index in [2.05, 4.69) is 28.5 Å². The number of nitrogens with zero attached hydrogens (tertiary/aromatic N) is 2. The van der Waals surface area contributed by atoms with E-state index < -0.39 is 0 Å². The van der Waals surface area contributed by atoms with Gasteiger partial charge >= 0.3 is 0 Å². The maximum atomic E-state index is 12.6. The third-order valence-electron chi connectivity index (χ3n) is 4.35. The Balaban J connectivity index is 1.76. The molecule has 0 saturated carbocycles. The summed E-state index contributed by atoms with van der Waals surface area (Å²) in [5, 5.41) is 6.21. The van der Waals surface area contributed by atoms with Crippen LogP contribution in [-0.2, 0) is 11.2 Å². The van der Waals surface area contributed by atoms with E-state index in [0.29, 0.717) is 11.6 Å². The van der Waals surface area contributed by atoms with Crippen molar-refractivity contribution in [2.45, 2.75) is 19.8 Å². The van der Waals surface area contributed by atoms with Gasteiger partial charge in [0.05, 0.1) is 16.4 Å². The van der Waals surface area contributed by atoms with Crippen molar-refractivity contribution in [2.75, 3.05) is 24.3 Å². The Kier molecular flexibility index (Phi) is 5.49. The topological polar surface area (TPSA) is 45.2 Å². The summed E-state index contributed by atoms with van der Waals surface area (Å²) in [6, 6.07) is 6.03. The number of aromatic nitrogens is 1. The van der Waals surface area contributed by atoms with E-state index in [-0.39, 0.29) is 11.3 Å². The van der Waals surface area contributed by atoms with Crippen molar-refractivity contribution in [1.29, 1.82) is 0 Å². The largest absolute Gasteiger partial charge is 0.376 e. The highest BCUT2D eigenvalue weighted by Gasteiger charge is 2.30. The molecule has 3 rings (SSSR count). The van der Waals surface area contributed by atoms with Crippen LogP contribution in [0.5, 0.6) is 0 Å². The Hall–Kier alpha value is -2.11. The van der Waals surface area contributed by atoms with Crippen LogP contribution in [0.1, 0.15) is 17.7 Å². The van der Waals surface area contributed by atoms with E-state index in [1.165, 1.54) is 11.3 Å². The van der Waals surface area contributed by atoms with E-state index in [0.717, 1.165) is 28.4 Å². The highest BCUT2D eigenvalue weighted by atomic mass is 35.5.